The summed E-state index contributed by atoms with van der Waals surface area (Å²) in [5, 5.41) is 0.738. The first kappa shape index (κ1) is 14.8. The van der Waals surface area contributed by atoms with E-state index in [9.17, 15) is 13.2 Å². The van der Waals surface area contributed by atoms with Gasteiger partial charge < -0.3 is 9.88 Å². The largest absolute Gasteiger partial charge is 0.361 e. The molecule has 2 saturated heterocycles. The molecular formula is C17H20N2O3S. The zero-order valence-corrected chi connectivity index (χ0v) is 13.9. The number of benzene rings is 1. The van der Waals surface area contributed by atoms with Crippen LogP contribution in [0.15, 0.2) is 24.4 Å². The maximum absolute atomic E-state index is 12.6. The number of rotatable bonds is 2. The van der Waals surface area contributed by atoms with Gasteiger partial charge in [0.15, 0.2) is 9.84 Å². The minimum atomic E-state index is -2.99. The van der Waals surface area contributed by atoms with Gasteiger partial charge >= 0.3 is 0 Å². The van der Waals surface area contributed by atoms with E-state index < -0.39 is 9.84 Å². The van der Waals surface area contributed by atoms with E-state index in [4.69, 9.17) is 0 Å². The fourth-order valence-electron chi connectivity index (χ4n) is 3.98. The van der Waals surface area contributed by atoms with Crippen molar-refractivity contribution in [1.29, 1.82) is 0 Å². The summed E-state index contributed by atoms with van der Waals surface area (Å²) in [5.74, 6) is 0.442. The highest BCUT2D eigenvalue weighted by Gasteiger charge is 2.47. The van der Waals surface area contributed by atoms with Gasteiger partial charge in [-0.25, -0.2) is 8.42 Å². The first-order chi connectivity index (χ1) is 11.0. The third-order valence-electron chi connectivity index (χ3n) is 5.32. The Morgan fingerprint density at radius 2 is 2.17 bits per heavy atom. The molecule has 2 aliphatic rings. The molecule has 2 aromatic rings. The predicted octanol–water partition coefficient (Wildman–Crippen LogP) is 1.66. The van der Waals surface area contributed by atoms with Gasteiger partial charge in [-0.3, -0.25) is 4.79 Å². The van der Waals surface area contributed by atoms with Gasteiger partial charge in [-0.2, -0.15) is 0 Å². The van der Waals surface area contributed by atoms with Crippen molar-refractivity contribution < 1.29 is 13.2 Å². The lowest BCUT2D eigenvalue weighted by Crippen LogP contribution is -2.33. The molecule has 122 valence electrons. The minimum Gasteiger partial charge on any atom is -0.361 e. The molecule has 0 bridgehead atoms. The molecule has 6 heteroatoms. The molecule has 1 aromatic heterocycles. The van der Waals surface area contributed by atoms with E-state index in [1.807, 2.05) is 31.3 Å². The van der Waals surface area contributed by atoms with Crippen LogP contribution in [0.3, 0.4) is 0 Å². The summed E-state index contributed by atoms with van der Waals surface area (Å²) in [6.45, 7) is 2.99. The molecule has 1 aromatic carbocycles. The van der Waals surface area contributed by atoms with Crippen LogP contribution >= 0.6 is 0 Å². The van der Waals surface area contributed by atoms with Gasteiger partial charge in [0, 0.05) is 30.2 Å². The van der Waals surface area contributed by atoms with Gasteiger partial charge in [0.25, 0.3) is 0 Å². The second-order valence-corrected chi connectivity index (χ2v) is 9.08. The Bertz CT molecular complexity index is 884. The third kappa shape index (κ3) is 2.36. The number of hydrogen-bond acceptors (Lipinski definition) is 3. The van der Waals surface area contributed by atoms with Gasteiger partial charge in [-0.15, -0.1) is 0 Å². The van der Waals surface area contributed by atoms with Crippen LogP contribution in [0, 0.1) is 12.8 Å². The van der Waals surface area contributed by atoms with Crippen molar-refractivity contribution in [1.82, 2.24) is 9.88 Å². The second kappa shape index (κ2) is 5.09. The molecule has 23 heavy (non-hydrogen) atoms. The number of aromatic amines is 1. The zero-order valence-electron chi connectivity index (χ0n) is 13.1. The molecule has 2 atom stereocenters. The highest BCUT2D eigenvalue weighted by atomic mass is 32.2. The number of fused-ring (bicyclic) bond motifs is 2. The Hall–Kier alpha value is -1.82. The number of para-hydroxylation sites is 1. The molecule has 2 aliphatic heterocycles. The van der Waals surface area contributed by atoms with Crippen LogP contribution in [0.2, 0.25) is 0 Å². The zero-order chi connectivity index (χ0) is 16.2. The quantitative estimate of drug-likeness (QED) is 0.909. The summed E-state index contributed by atoms with van der Waals surface area (Å²) in [7, 11) is -2.99. The molecule has 1 amide bonds. The molecule has 4 rings (SSSR count). The van der Waals surface area contributed by atoms with E-state index in [2.05, 4.69) is 4.98 Å². The van der Waals surface area contributed by atoms with Crippen molar-refractivity contribution in [2.75, 3.05) is 18.8 Å². The Balaban J connectivity index is 1.54. The van der Waals surface area contributed by atoms with E-state index in [0.717, 1.165) is 22.0 Å². The number of carbonyl (C=O) groups excluding carboxylic acids is 1. The molecule has 5 nitrogen and oxygen atoms in total. The lowest BCUT2D eigenvalue weighted by Gasteiger charge is -2.17. The summed E-state index contributed by atoms with van der Waals surface area (Å²) in [6, 6.07) is 6.05. The topological polar surface area (TPSA) is 70.2 Å². The van der Waals surface area contributed by atoms with Crippen LogP contribution in [0.4, 0.5) is 0 Å². The summed E-state index contributed by atoms with van der Waals surface area (Å²) < 4.78 is 24.0. The number of aromatic nitrogens is 1. The lowest BCUT2D eigenvalue weighted by molar-refractivity contribution is -0.129. The standard InChI is InChI=1S/C17H20N2O3S/c1-11-3-2-4-14-13(8-18-17(11)14)7-16(20)19-9-12-5-6-23(21,22)15(12)10-19/h2-4,8,12,15,18H,5-7,9-10H2,1H3/t12-,15+/m0/s1. The second-order valence-electron chi connectivity index (χ2n) is 6.74. The van der Waals surface area contributed by atoms with Crippen molar-refractivity contribution in [2.24, 2.45) is 5.92 Å². The van der Waals surface area contributed by atoms with E-state index in [0.29, 0.717) is 25.9 Å². The number of likely N-dealkylation sites (tertiary alicyclic amines) is 1. The molecule has 2 fully saturated rings. The average molecular weight is 332 g/mol. The number of H-pyrrole nitrogens is 1. The van der Waals surface area contributed by atoms with Crippen LogP contribution in [0.5, 0.6) is 0 Å². The molecule has 0 saturated carbocycles. The smallest absolute Gasteiger partial charge is 0.227 e. The van der Waals surface area contributed by atoms with Gasteiger partial charge in [0.2, 0.25) is 5.91 Å². The van der Waals surface area contributed by atoms with Crippen LogP contribution in [0.1, 0.15) is 17.5 Å². The van der Waals surface area contributed by atoms with E-state index in [-0.39, 0.29) is 22.8 Å². The molecule has 3 heterocycles. The van der Waals surface area contributed by atoms with Crippen molar-refractivity contribution in [3.05, 3.63) is 35.5 Å². The number of carbonyl (C=O) groups is 1. The summed E-state index contributed by atoms with van der Waals surface area (Å²) in [5.41, 5.74) is 3.20. The van der Waals surface area contributed by atoms with E-state index in [1.165, 1.54) is 0 Å². The normalized spacial score (nSPS) is 25.9. The minimum absolute atomic E-state index is 0.0250. The summed E-state index contributed by atoms with van der Waals surface area (Å²) in [4.78, 5) is 17.6. The molecule has 0 radical (unpaired) electrons. The van der Waals surface area contributed by atoms with Gasteiger partial charge in [0.1, 0.15) is 0 Å². The van der Waals surface area contributed by atoms with Crippen molar-refractivity contribution in [3.8, 4) is 0 Å². The number of sulfone groups is 1. The Morgan fingerprint density at radius 3 is 2.96 bits per heavy atom. The molecular weight excluding hydrogens is 312 g/mol. The van der Waals surface area contributed by atoms with Gasteiger partial charge in [0.05, 0.1) is 17.4 Å². The Morgan fingerprint density at radius 1 is 1.35 bits per heavy atom. The maximum atomic E-state index is 12.6. The Labute approximate surface area is 135 Å². The fourth-order valence-corrected chi connectivity index (χ4v) is 6.13. The molecule has 0 unspecified atom stereocenters. The monoisotopic (exact) mass is 332 g/mol. The SMILES string of the molecule is Cc1cccc2c(CC(=O)N3C[C@@H]4CCS(=O)(=O)[C@@H]4C3)c[nH]c12. The van der Waals surface area contributed by atoms with Gasteiger partial charge in [-0.1, -0.05) is 18.2 Å². The van der Waals surface area contributed by atoms with Crippen LogP contribution < -0.4 is 0 Å². The number of aryl methyl sites for hydroxylation is 1. The number of amides is 1. The Kier molecular flexibility index (Phi) is 3.27. The lowest BCUT2D eigenvalue weighted by atomic mass is 10.1. The predicted molar refractivity (Wildman–Crippen MR) is 89.0 cm³/mol. The first-order valence-electron chi connectivity index (χ1n) is 8.00. The fraction of sp³-hybridized carbons (Fsp3) is 0.471. The first-order valence-corrected chi connectivity index (χ1v) is 9.72. The number of nitrogens with zero attached hydrogens (tertiary/aromatic N) is 1. The van der Waals surface area contributed by atoms with Crippen LogP contribution in [-0.2, 0) is 21.1 Å². The summed E-state index contributed by atoms with van der Waals surface area (Å²) >= 11 is 0. The van der Waals surface area contributed by atoms with Gasteiger partial charge in [-0.05, 0) is 30.4 Å². The number of nitrogens with one attached hydrogen (secondary N) is 1. The third-order valence-corrected chi connectivity index (χ3v) is 7.58. The van der Waals surface area contributed by atoms with E-state index >= 15 is 0 Å². The number of hydrogen-bond donors (Lipinski definition) is 1. The summed E-state index contributed by atoms with van der Waals surface area (Å²) in [6.07, 6.45) is 2.91. The molecule has 1 N–H and O–H groups in total. The molecule has 0 spiro atoms. The van der Waals surface area contributed by atoms with Crippen LogP contribution in [0.25, 0.3) is 10.9 Å². The van der Waals surface area contributed by atoms with Crippen molar-refractivity contribution >= 4 is 26.6 Å². The maximum Gasteiger partial charge on any atom is 0.227 e. The molecule has 0 aliphatic carbocycles. The highest BCUT2D eigenvalue weighted by Crippen LogP contribution is 2.34. The van der Waals surface area contributed by atoms with Crippen LogP contribution in [-0.4, -0.2) is 48.3 Å². The van der Waals surface area contributed by atoms with E-state index in [1.54, 1.807) is 4.90 Å². The average Bonchev–Trinajstić information content (AvgIpc) is 3.17. The van der Waals surface area contributed by atoms with Crippen molar-refractivity contribution in [2.45, 2.75) is 25.0 Å². The van der Waals surface area contributed by atoms with Crippen molar-refractivity contribution in [3.63, 3.8) is 0 Å². The highest BCUT2D eigenvalue weighted by molar-refractivity contribution is 7.92.